The van der Waals surface area contributed by atoms with E-state index in [9.17, 15) is 9.59 Å². The maximum Gasteiger partial charge on any atom is 0.274 e. The third kappa shape index (κ3) is 4.08. The summed E-state index contributed by atoms with van der Waals surface area (Å²) in [4.78, 5) is 33.4. The molecule has 6 nitrogen and oxygen atoms in total. The number of aromatic nitrogens is 1. The van der Waals surface area contributed by atoms with Crippen molar-refractivity contribution in [1.82, 2.24) is 14.8 Å². The Kier molecular flexibility index (Phi) is 5.32. The number of nitrogens with zero attached hydrogens (tertiary/aromatic N) is 3. The summed E-state index contributed by atoms with van der Waals surface area (Å²) in [5.41, 5.74) is 3.54. The minimum atomic E-state index is -0.318. The van der Waals surface area contributed by atoms with E-state index in [1.807, 2.05) is 39.1 Å². The van der Waals surface area contributed by atoms with Gasteiger partial charge >= 0.3 is 0 Å². The zero-order valence-electron chi connectivity index (χ0n) is 15.5. The summed E-state index contributed by atoms with van der Waals surface area (Å²) < 4.78 is 0. The quantitative estimate of drug-likeness (QED) is 0.921. The van der Waals surface area contributed by atoms with Crippen LogP contribution < -0.4 is 5.32 Å². The van der Waals surface area contributed by atoms with Gasteiger partial charge in [-0.1, -0.05) is 12.1 Å². The Bertz CT molecular complexity index is 826. The van der Waals surface area contributed by atoms with Crippen LogP contribution in [0.15, 0.2) is 36.4 Å². The second kappa shape index (κ2) is 7.66. The van der Waals surface area contributed by atoms with Crippen LogP contribution in [0, 0.1) is 13.8 Å². The van der Waals surface area contributed by atoms with Crippen LogP contribution in [-0.4, -0.2) is 59.8 Å². The van der Waals surface area contributed by atoms with E-state index in [1.54, 1.807) is 23.1 Å². The number of pyridine rings is 1. The van der Waals surface area contributed by atoms with Crippen LogP contribution in [0.2, 0.25) is 0 Å². The molecule has 0 saturated carbocycles. The predicted molar refractivity (Wildman–Crippen MR) is 102 cm³/mol. The lowest BCUT2D eigenvalue weighted by Gasteiger charge is -2.32. The van der Waals surface area contributed by atoms with Crippen molar-refractivity contribution in [3.05, 3.63) is 58.9 Å². The first-order chi connectivity index (χ1) is 12.4. The number of rotatable bonds is 3. The van der Waals surface area contributed by atoms with Crippen LogP contribution in [0.25, 0.3) is 0 Å². The first kappa shape index (κ1) is 18.1. The van der Waals surface area contributed by atoms with Crippen LogP contribution in [0.5, 0.6) is 0 Å². The molecule has 0 radical (unpaired) electrons. The Morgan fingerprint density at radius 3 is 2.35 bits per heavy atom. The predicted octanol–water partition coefficient (Wildman–Crippen LogP) is 2.34. The summed E-state index contributed by atoms with van der Waals surface area (Å²) in [6, 6.07) is 10.7. The van der Waals surface area contributed by atoms with Crippen molar-refractivity contribution in [1.29, 1.82) is 0 Å². The lowest BCUT2D eigenvalue weighted by molar-refractivity contribution is 0.0658. The number of hydrogen-bond acceptors (Lipinski definition) is 4. The molecule has 1 saturated heterocycles. The summed E-state index contributed by atoms with van der Waals surface area (Å²) in [5.74, 6) is -0.444. The molecule has 2 aromatic rings. The lowest BCUT2D eigenvalue weighted by atomic mass is 10.1. The Hall–Kier alpha value is -2.73. The second-order valence-electron chi connectivity index (χ2n) is 6.76. The number of likely N-dealkylation sites (N-methyl/N-ethyl adjacent to an activating group) is 1. The van der Waals surface area contributed by atoms with Gasteiger partial charge in [0.05, 0.1) is 0 Å². The fourth-order valence-electron chi connectivity index (χ4n) is 2.87. The number of carbonyl (C=O) groups excluding carboxylic acids is 2. The molecule has 2 amide bonds. The number of benzene rings is 1. The minimum absolute atomic E-state index is 0.126. The Labute approximate surface area is 153 Å². The Morgan fingerprint density at radius 2 is 1.65 bits per heavy atom. The molecule has 1 aromatic heterocycles. The highest BCUT2D eigenvalue weighted by Gasteiger charge is 2.22. The van der Waals surface area contributed by atoms with Crippen molar-refractivity contribution < 1.29 is 9.59 Å². The fourth-order valence-corrected chi connectivity index (χ4v) is 2.87. The van der Waals surface area contributed by atoms with Crippen LogP contribution in [0.3, 0.4) is 0 Å². The van der Waals surface area contributed by atoms with Crippen molar-refractivity contribution >= 4 is 17.5 Å². The van der Waals surface area contributed by atoms with Gasteiger partial charge in [-0.3, -0.25) is 9.59 Å². The van der Waals surface area contributed by atoms with Crippen molar-refractivity contribution in [2.75, 3.05) is 38.5 Å². The number of aryl methyl sites for hydroxylation is 2. The maximum absolute atomic E-state index is 12.6. The Balaban J connectivity index is 1.72. The largest absolute Gasteiger partial charge is 0.335 e. The monoisotopic (exact) mass is 352 g/mol. The average Bonchev–Trinajstić information content (AvgIpc) is 2.65. The summed E-state index contributed by atoms with van der Waals surface area (Å²) in [6.45, 7) is 7.07. The van der Waals surface area contributed by atoms with E-state index in [2.05, 4.69) is 15.2 Å². The van der Waals surface area contributed by atoms with Crippen molar-refractivity contribution in [3.63, 3.8) is 0 Å². The number of piperazine rings is 1. The van der Waals surface area contributed by atoms with Crippen molar-refractivity contribution in [2.45, 2.75) is 13.8 Å². The molecule has 0 spiro atoms. The van der Waals surface area contributed by atoms with Gasteiger partial charge in [-0.15, -0.1) is 0 Å². The van der Waals surface area contributed by atoms with E-state index < -0.39 is 0 Å². The molecule has 0 aliphatic carbocycles. The third-order valence-electron chi connectivity index (χ3n) is 4.76. The minimum Gasteiger partial charge on any atom is -0.335 e. The van der Waals surface area contributed by atoms with E-state index in [4.69, 9.17) is 0 Å². The second-order valence-corrected chi connectivity index (χ2v) is 6.76. The van der Waals surface area contributed by atoms with Gasteiger partial charge in [0.2, 0.25) is 0 Å². The molecular formula is C20H24N4O2. The molecule has 6 heteroatoms. The SMILES string of the molecule is Cc1ccc(NC(=O)c2cccc(C(=O)N3CCN(C)CC3)n2)cc1C. The van der Waals surface area contributed by atoms with Gasteiger partial charge < -0.3 is 15.1 Å². The molecule has 1 N–H and O–H groups in total. The number of amides is 2. The van der Waals surface area contributed by atoms with E-state index in [0.717, 1.165) is 24.3 Å². The van der Waals surface area contributed by atoms with E-state index in [0.29, 0.717) is 18.8 Å². The smallest absolute Gasteiger partial charge is 0.274 e. The normalized spacial score (nSPS) is 15.0. The van der Waals surface area contributed by atoms with Crippen LogP contribution in [-0.2, 0) is 0 Å². The summed E-state index contributed by atoms with van der Waals surface area (Å²) in [7, 11) is 2.04. The highest BCUT2D eigenvalue weighted by molar-refractivity contribution is 6.03. The number of carbonyl (C=O) groups is 2. The summed E-state index contributed by atoms with van der Waals surface area (Å²) >= 11 is 0. The molecule has 0 bridgehead atoms. The number of hydrogen-bond donors (Lipinski definition) is 1. The lowest BCUT2D eigenvalue weighted by Crippen LogP contribution is -2.47. The number of anilines is 1. The van der Waals surface area contributed by atoms with E-state index >= 15 is 0 Å². The maximum atomic E-state index is 12.6. The van der Waals surface area contributed by atoms with Crippen LogP contribution >= 0.6 is 0 Å². The van der Waals surface area contributed by atoms with E-state index in [1.165, 1.54) is 5.56 Å². The zero-order valence-corrected chi connectivity index (χ0v) is 15.5. The molecule has 1 fully saturated rings. The van der Waals surface area contributed by atoms with Crippen LogP contribution in [0.1, 0.15) is 32.1 Å². The number of nitrogens with one attached hydrogen (secondary N) is 1. The average molecular weight is 352 g/mol. The molecule has 1 aliphatic rings. The molecule has 3 rings (SSSR count). The van der Waals surface area contributed by atoms with Gasteiger partial charge in [0.15, 0.2) is 0 Å². The first-order valence-corrected chi connectivity index (χ1v) is 8.77. The van der Waals surface area contributed by atoms with Gasteiger partial charge in [0, 0.05) is 31.9 Å². The molecule has 1 aliphatic heterocycles. The fraction of sp³-hybridized carbons (Fsp3) is 0.350. The molecule has 0 atom stereocenters. The highest BCUT2D eigenvalue weighted by atomic mass is 16.2. The van der Waals surface area contributed by atoms with Gasteiger partial charge in [-0.2, -0.15) is 0 Å². The highest BCUT2D eigenvalue weighted by Crippen LogP contribution is 2.15. The summed E-state index contributed by atoms with van der Waals surface area (Å²) in [6.07, 6.45) is 0. The van der Waals surface area contributed by atoms with Gasteiger partial charge in [0.25, 0.3) is 11.8 Å². The molecular weight excluding hydrogens is 328 g/mol. The van der Waals surface area contributed by atoms with Crippen molar-refractivity contribution in [3.8, 4) is 0 Å². The molecule has 0 unspecified atom stereocenters. The Morgan fingerprint density at radius 1 is 0.962 bits per heavy atom. The first-order valence-electron chi connectivity index (χ1n) is 8.77. The molecule has 2 heterocycles. The third-order valence-corrected chi connectivity index (χ3v) is 4.76. The molecule has 136 valence electrons. The summed E-state index contributed by atoms with van der Waals surface area (Å²) in [5, 5.41) is 2.84. The topological polar surface area (TPSA) is 65.5 Å². The molecule has 26 heavy (non-hydrogen) atoms. The van der Waals surface area contributed by atoms with Gasteiger partial charge in [0.1, 0.15) is 11.4 Å². The van der Waals surface area contributed by atoms with Crippen LogP contribution in [0.4, 0.5) is 5.69 Å². The standard InChI is InChI=1S/C20H24N4O2/c1-14-7-8-16(13-15(14)2)21-19(25)17-5-4-6-18(22-17)20(26)24-11-9-23(3)10-12-24/h4-8,13H,9-12H2,1-3H3,(H,21,25). The van der Waals surface area contributed by atoms with Crippen molar-refractivity contribution in [2.24, 2.45) is 0 Å². The zero-order chi connectivity index (χ0) is 18.7. The van der Waals surface area contributed by atoms with Gasteiger partial charge in [-0.25, -0.2) is 4.98 Å². The molecule has 1 aromatic carbocycles. The van der Waals surface area contributed by atoms with Gasteiger partial charge in [-0.05, 0) is 56.3 Å². The van der Waals surface area contributed by atoms with E-state index in [-0.39, 0.29) is 17.5 Å².